The van der Waals surface area contributed by atoms with Crippen molar-refractivity contribution in [1.29, 1.82) is 0 Å². The highest BCUT2D eigenvalue weighted by Crippen LogP contribution is 2.21. The molecular weight excluding hydrogens is 232 g/mol. The number of aromatic nitrogens is 1. The predicted octanol–water partition coefficient (Wildman–Crippen LogP) is 3.81. The zero-order valence-corrected chi connectivity index (χ0v) is 12.0. The molecule has 17 heavy (non-hydrogen) atoms. The summed E-state index contributed by atoms with van der Waals surface area (Å²) in [6.07, 6.45) is 5.71. The molecule has 0 aliphatic carbocycles. The SMILES string of the molecule is CC(C)(C)CCCCNCc1ccccn1.Cl. The molecule has 0 aliphatic rings. The fourth-order valence-corrected chi connectivity index (χ4v) is 1.62. The topological polar surface area (TPSA) is 24.9 Å². The molecule has 98 valence electrons. The minimum atomic E-state index is 0. The van der Waals surface area contributed by atoms with Gasteiger partial charge in [-0.1, -0.05) is 33.3 Å². The van der Waals surface area contributed by atoms with Crippen molar-refractivity contribution in [2.75, 3.05) is 6.54 Å². The highest BCUT2D eigenvalue weighted by atomic mass is 35.5. The Morgan fingerprint density at radius 2 is 1.94 bits per heavy atom. The van der Waals surface area contributed by atoms with Gasteiger partial charge in [-0.15, -0.1) is 12.4 Å². The zero-order valence-electron chi connectivity index (χ0n) is 11.2. The molecule has 1 rings (SSSR count). The van der Waals surface area contributed by atoms with Crippen LogP contribution in [0, 0.1) is 5.41 Å². The molecule has 0 aliphatic heterocycles. The first-order chi connectivity index (χ1) is 7.58. The molecule has 0 aromatic carbocycles. The number of nitrogens with one attached hydrogen (secondary N) is 1. The number of hydrogen-bond acceptors (Lipinski definition) is 2. The van der Waals surface area contributed by atoms with Crippen LogP contribution >= 0.6 is 12.4 Å². The van der Waals surface area contributed by atoms with Gasteiger partial charge in [-0.25, -0.2) is 0 Å². The summed E-state index contributed by atoms with van der Waals surface area (Å²) in [6.45, 7) is 8.87. The van der Waals surface area contributed by atoms with Gasteiger partial charge in [0.15, 0.2) is 0 Å². The maximum atomic E-state index is 4.27. The molecule has 1 heterocycles. The Hall–Kier alpha value is -0.600. The molecule has 1 N–H and O–H groups in total. The molecule has 3 heteroatoms. The normalized spacial score (nSPS) is 11.0. The second-order valence-corrected chi connectivity index (χ2v) is 5.52. The van der Waals surface area contributed by atoms with Crippen LogP contribution in [0.3, 0.4) is 0 Å². The third-order valence-electron chi connectivity index (χ3n) is 2.56. The molecule has 0 bridgehead atoms. The van der Waals surface area contributed by atoms with Crippen LogP contribution in [-0.4, -0.2) is 11.5 Å². The number of unbranched alkanes of at least 4 members (excludes halogenated alkanes) is 1. The van der Waals surface area contributed by atoms with Gasteiger partial charge in [0.1, 0.15) is 0 Å². The van der Waals surface area contributed by atoms with E-state index in [1.807, 2.05) is 18.3 Å². The summed E-state index contributed by atoms with van der Waals surface area (Å²) >= 11 is 0. The smallest absolute Gasteiger partial charge is 0.0541 e. The lowest BCUT2D eigenvalue weighted by Gasteiger charge is -2.17. The molecule has 0 saturated carbocycles. The van der Waals surface area contributed by atoms with Gasteiger partial charge in [0.25, 0.3) is 0 Å². The van der Waals surface area contributed by atoms with Crippen LogP contribution in [0.15, 0.2) is 24.4 Å². The molecule has 0 atom stereocenters. The van der Waals surface area contributed by atoms with E-state index in [0.717, 1.165) is 18.8 Å². The summed E-state index contributed by atoms with van der Waals surface area (Å²) in [5.74, 6) is 0. The van der Waals surface area contributed by atoms with E-state index in [4.69, 9.17) is 0 Å². The van der Waals surface area contributed by atoms with Crippen molar-refractivity contribution in [3.05, 3.63) is 30.1 Å². The van der Waals surface area contributed by atoms with Gasteiger partial charge >= 0.3 is 0 Å². The monoisotopic (exact) mass is 256 g/mol. The summed E-state index contributed by atoms with van der Waals surface area (Å²) < 4.78 is 0. The van der Waals surface area contributed by atoms with Crippen LogP contribution in [0.4, 0.5) is 0 Å². The summed E-state index contributed by atoms with van der Waals surface area (Å²) in [4.78, 5) is 4.27. The lowest BCUT2D eigenvalue weighted by molar-refractivity contribution is 0.358. The lowest BCUT2D eigenvalue weighted by Crippen LogP contribution is -2.16. The van der Waals surface area contributed by atoms with E-state index >= 15 is 0 Å². The van der Waals surface area contributed by atoms with Crippen molar-refractivity contribution < 1.29 is 0 Å². The first kappa shape index (κ1) is 16.4. The van der Waals surface area contributed by atoms with E-state index < -0.39 is 0 Å². The molecular formula is C14H25ClN2. The molecule has 0 fully saturated rings. The maximum Gasteiger partial charge on any atom is 0.0541 e. The van der Waals surface area contributed by atoms with Crippen LogP contribution < -0.4 is 5.32 Å². The minimum Gasteiger partial charge on any atom is -0.311 e. The Kier molecular flexibility index (Phi) is 8.19. The van der Waals surface area contributed by atoms with Crippen molar-refractivity contribution in [3.63, 3.8) is 0 Å². The van der Waals surface area contributed by atoms with Gasteiger partial charge in [-0.2, -0.15) is 0 Å². The van der Waals surface area contributed by atoms with E-state index in [1.165, 1.54) is 19.3 Å². The van der Waals surface area contributed by atoms with Gasteiger partial charge in [0.2, 0.25) is 0 Å². The fraction of sp³-hybridized carbons (Fsp3) is 0.643. The highest BCUT2D eigenvalue weighted by molar-refractivity contribution is 5.85. The first-order valence-electron chi connectivity index (χ1n) is 6.18. The van der Waals surface area contributed by atoms with Crippen molar-refractivity contribution >= 4 is 12.4 Å². The first-order valence-corrected chi connectivity index (χ1v) is 6.18. The zero-order chi connectivity index (χ0) is 11.9. The quantitative estimate of drug-likeness (QED) is 0.783. The fourth-order valence-electron chi connectivity index (χ4n) is 1.62. The van der Waals surface area contributed by atoms with Crippen LogP contribution in [0.1, 0.15) is 45.7 Å². The van der Waals surface area contributed by atoms with Gasteiger partial charge in [-0.05, 0) is 36.9 Å². The van der Waals surface area contributed by atoms with Crippen LogP contribution in [0.5, 0.6) is 0 Å². The summed E-state index contributed by atoms with van der Waals surface area (Å²) in [7, 11) is 0. The van der Waals surface area contributed by atoms with Gasteiger partial charge in [0, 0.05) is 12.7 Å². The van der Waals surface area contributed by atoms with Gasteiger partial charge in [-0.3, -0.25) is 4.98 Å². The van der Waals surface area contributed by atoms with Crippen LogP contribution in [0.2, 0.25) is 0 Å². The predicted molar refractivity (Wildman–Crippen MR) is 76.5 cm³/mol. The third-order valence-corrected chi connectivity index (χ3v) is 2.56. The minimum absolute atomic E-state index is 0. The summed E-state index contributed by atoms with van der Waals surface area (Å²) in [6, 6.07) is 6.04. The molecule has 1 aromatic heterocycles. The molecule has 1 aromatic rings. The molecule has 0 radical (unpaired) electrons. The molecule has 0 spiro atoms. The second-order valence-electron chi connectivity index (χ2n) is 5.52. The number of rotatable bonds is 6. The van der Waals surface area contributed by atoms with Crippen molar-refractivity contribution in [2.24, 2.45) is 5.41 Å². The summed E-state index contributed by atoms with van der Waals surface area (Å²) in [5, 5.41) is 3.43. The number of hydrogen-bond donors (Lipinski definition) is 1. The molecule has 0 amide bonds. The third kappa shape index (κ3) is 9.13. The van der Waals surface area contributed by atoms with Gasteiger partial charge < -0.3 is 5.32 Å². The van der Waals surface area contributed by atoms with Gasteiger partial charge in [0.05, 0.1) is 5.69 Å². The van der Waals surface area contributed by atoms with E-state index in [0.29, 0.717) is 5.41 Å². The Bertz CT molecular complexity index is 280. The Balaban J connectivity index is 0.00000256. The summed E-state index contributed by atoms with van der Waals surface area (Å²) in [5.41, 5.74) is 1.60. The average molecular weight is 257 g/mol. The molecule has 0 unspecified atom stereocenters. The largest absolute Gasteiger partial charge is 0.311 e. The number of pyridine rings is 1. The lowest BCUT2D eigenvalue weighted by atomic mass is 9.90. The number of halogens is 1. The average Bonchev–Trinajstić information content (AvgIpc) is 2.23. The van der Waals surface area contributed by atoms with E-state index in [9.17, 15) is 0 Å². The Morgan fingerprint density at radius 1 is 1.18 bits per heavy atom. The standard InChI is InChI=1S/C14H24N2.ClH/c1-14(2,3)9-5-7-10-15-12-13-8-4-6-11-16-13;/h4,6,8,11,15H,5,7,9-10,12H2,1-3H3;1H. The van der Waals surface area contributed by atoms with Crippen molar-refractivity contribution in [3.8, 4) is 0 Å². The van der Waals surface area contributed by atoms with E-state index in [2.05, 4.69) is 37.1 Å². The Morgan fingerprint density at radius 3 is 2.53 bits per heavy atom. The molecule has 0 saturated heterocycles. The maximum absolute atomic E-state index is 4.27. The van der Waals surface area contributed by atoms with E-state index in [1.54, 1.807) is 0 Å². The Labute approximate surface area is 112 Å². The van der Waals surface area contributed by atoms with Crippen LogP contribution in [-0.2, 0) is 6.54 Å². The van der Waals surface area contributed by atoms with Crippen LogP contribution in [0.25, 0.3) is 0 Å². The second kappa shape index (κ2) is 8.48. The van der Waals surface area contributed by atoms with Crippen molar-refractivity contribution in [1.82, 2.24) is 10.3 Å². The molecule has 2 nitrogen and oxygen atoms in total. The number of nitrogens with zero attached hydrogens (tertiary/aromatic N) is 1. The van der Waals surface area contributed by atoms with Crippen molar-refractivity contribution in [2.45, 2.75) is 46.6 Å². The van der Waals surface area contributed by atoms with E-state index in [-0.39, 0.29) is 12.4 Å². The highest BCUT2D eigenvalue weighted by Gasteiger charge is 2.08.